The summed E-state index contributed by atoms with van der Waals surface area (Å²) in [6.07, 6.45) is 3.23. The van der Waals surface area contributed by atoms with Crippen LogP contribution in [-0.2, 0) is 16.6 Å². The summed E-state index contributed by atoms with van der Waals surface area (Å²) in [5, 5.41) is 8.66. The Hall–Kier alpha value is -2.20. The number of sulfonamides is 1. The summed E-state index contributed by atoms with van der Waals surface area (Å²) in [4.78, 5) is 4.06. The third-order valence-corrected chi connectivity index (χ3v) is 4.04. The number of nitrogens with zero attached hydrogens (tertiary/aromatic N) is 1. The normalized spacial score (nSPS) is 10.7. The minimum Gasteiger partial charge on any atom is -0.384 e. The summed E-state index contributed by atoms with van der Waals surface area (Å²) in [6.45, 7) is -0.0983. The number of rotatable bonds is 4. The van der Waals surface area contributed by atoms with Gasteiger partial charge in [-0.3, -0.25) is 4.98 Å². The number of aliphatic hydroxyl groups excluding tert-OH is 1. The van der Waals surface area contributed by atoms with Crippen molar-refractivity contribution >= 4 is 10.0 Å². The highest BCUT2D eigenvalue weighted by Gasteiger charge is 2.13. The second-order valence-electron chi connectivity index (χ2n) is 4.17. The van der Waals surface area contributed by atoms with Crippen molar-refractivity contribution in [3.05, 3.63) is 59.9 Å². The molecule has 1 aromatic carbocycles. The third kappa shape index (κ3) is 4.39. The van der Waals surface area contributed by atoms with Crippen LogP contribution in [0.4, 0.5) is 0 Å². The molecule has 1 aromatic heterocycles. The van der Waals surface area contributed by atoms with Gasteiger partial charge in [0.15, 0.2) is 0 Å². The van der Waals surface area contributed by atoms with E-state index in [-0.39, 0.29) is 18.0 Å². The van der Waals surface area contributed by atoms with Crippen LogP contribution in [0.2, 0.25) is 0 Å². The maximum Gasteiger partial charge on any atom is 0.240 e. The molecule has 0 amide bonds. The molecule has 0 fully saturated rings. The van der Waals surface area contributed by atoms with Crippen molar-refractivity contribution in [2.24, 2.45) is 0 Å². The third-order valence-electron chi connectivity index (χ3n) is 2.65. The van der Waals surface area contributed by atoms with Gasteiger partial charge < -0.3 is 5.11 Å². The van der Waals surface area contributed by atoms with E-state index in [0.717, 1.165) is 5.56 Å². The predicted octanol–water partition coefficient (Wildman–Crippen LogP) is 0.904. The molecule has 21 heavy (non-hydrogen) atoms. The van der Waals surface area contributed by atoms with Crippen molar-refractivity contribution < 1.29 is 13.5 Å². The minimum absolute atomic E-state index is 0.135. The van der Waals surface area contributed by atoms with Gasteiger partial charge in [-0.1, -0.05) is 24.0 Å². The van der Waals surface area contributed by atoms with Gasteiger partial charge in [-0.25, -0.2) is 13.1 Å². The van der Waals surface area contributed by atoms with E-state index in [9.17, 15) is 8.42 Å². The van der Waals surface area contributed by atoms with Crippen LogP contribution in [0.3, 0.4) is 0 Å². The summed E-state index contributed by atoms with van der Waals surface area (Å²) < 4.78 is 26.9. The van der Waals surface area contributed by atoms with Crippen molar-refractivity contribution in [1.29, 1.82) is 0 Å². The Morgan fingerprint density at radius 3 is 2.81 bits per heavy atom. The van der Waals surface area contributed by atoms with Gasteiger partial charge in [-0.05, 0) is 29.8 Å². The number of hydrogen-bond donors (Lipinski definition) is 2. The zero-order valence-electron chi connectivity index (χ0n) is 11.2. The second-order valence-corrected chi connectivity index (χ2v) is 5.94. The fourth-order valence-corrected chi connectivity index (χ4v) is 2.71. The van der Waals surface area contributed by atoms with Crippen LogP contribution in [0.15, 0.2) is 53.7 Å². The van der Waals surface area contributed by atoms with Crippen molar-refractivity contribution in [2.45, 2.75) is 11.4 Å². The molecule has 2 N–H and O–H groups in total. The highest BCUT2D eigenvalue weighted by Crippen LogP contribution is 2.11. The van der Waals surface area contributed by atoms with Crippen LogP contribution in [0.5, 0.6) is 0 Å². The highest BCUT2D eigenvalue weighted by atomic mass is 32.2. The molecule has 5 nitrogen and oxygen atoms in total. The molecule has 108 valence electrons. The average molecular weight is 302 g/mol. The summed E-state index contributed by atoms with van der Waals surface area (Å²) in [5.41, 5.74) is 1.31. The Bertz CT molecular complexity index is 762. The number of aromatic nitrogens is 1. The van der Waals surface area contributed by atoms with Gasteiger partial charge in [0.05, 0.1) is 4.90 Å². The molecule has 0 spiro atoms. The van der Waals surface area contributed by atoms with Crippen LogP contribution in [0.1, 0.15) is 11.1 Å². The van der Waals surface area contributed by atoms with Crippen molar-refractivity contribution in [3.8, 4) is 11.8 Å². The van der Waals surface area contributed by atoms with Gasteiger partial charge in [-0.2, -0.15) is 0 Å². The zero-order chi connectivity index (χ0) is 15.1. The first kappa shape index (κ1) is 15.2. The van der Waals surface area contributed by atoms with E-state index < -0.39 is 10.0 Å². The molecule has 0 saturated heterocycles. The number of benzene rings is 1. The molecule has 0 atom stereocenters. The Balaban J connectivity index is 2.16. The lowest BCUT2D eigenvalue weighted by Gasteiger charge is -2.07. The van der Waals surface area contributed by atoms with Gasteiger partial charge in [0.25, 0.3) is 0 Å². The topological polar surface area (TPSA) is 79.3 Å². The minimum atomic E-state index is -3.61. The van der Waals surface area contributed by atoms with Gasteiger partial charge in [0.1, 0.15) is 6.61 Å². The predicted molar refractivity (Wildman–Crippen MR) is 78.7 cm³/mol. The molecular formula is C15H14N2O3S. The highest BCUT2D eigenvalue weighted by molar-refractivity contribution is 7.89. The van der Waals surface area contributed by atoms with Gasteiger partial charge in [0.2, 0.25) is 10.0 Å². The fraction of sp³-hybridized carbons (Fsp3) is 0.133. The maximum atomic E-state index is 12.2. The number of pyridine rings is 1. The largest absolute Gasteiger partial charge is 0.384 e. The lowest BCUT2D eigenvalue weighted by molar-refractivity contribution is 0.350. The Kier molecular flexibility index (Phi) is 5.06. The molecule has 0 radical (unpaired) electrons. The molecule has 1 heterocycles. The maximum absolute atomic E-state index is 12.2. The lowest BCUT2D eigenvalue weighted by Crippen LogP contribution is -2.23. The van der Waals surface area contributed by atoms with Crippen LogP contribution < -0.4 is 4.72 Å². The summed E-state index contributed by atoms with van der Waals surface area (Å²) >= 11 is 0. The van der Waals surface area contributed by atoms with Crippen LogP contribution in [0, 0.1) is 11.8 Å². The smallest absolute Gasteiger partial charge is 0.240 e. The van der Waals surface area contributed by atoms with E-state index in [1.807, 2.05) is 0 Å². The summed E-state index contributed by atoms with van der Waals surface area (Å²) in [7, 11) is -3.61. The number of hydrogen-bond acceptors (Lipinski definition) is 4. The van der Waals surface area contributed by atoms with Gasteiger partial charge in [0, 0.05) is 24.5 Å². The molecule has 0 saturated carbocycles. The summed E-state index contributed by atoms with van der Waals surface area (Å²) in [6, 6.07) is 9.79. The van der Waals surface area contributed by atoms with Crippen molar-refractivity contribution in [2.75, 3.05) is 6.61 Å². The Labute approximate surface area is 123 Å². The monoisotopic (exact) mass is 302 g/mol. The second kappa shape index (κ2) is 6.99. The first-order valence-corrected chi connectivity index (χ1v) is 7.68. The molecule has 0 bridgehead atoms. The van der Waals surface area contributed by atoms with Gasteiger partial charge in [-0.15, -0.1) is 0 Å². The Morgan fingerprint density at radius 1 is 1.24 bits per heavy atom. The summed E-state index contributed by atoms with van der Waals surface area (Å²) in [5.74, 6) is 5.16. The van der Waals surface area contributed by atoms with E-state index in [1.54, 1.807) is 36.7 Å². The van der Waals surface area contributed by atoms with E-state index >= 15 is 0 Å². The Morgan fingerprint density at radius 2 is 2.10 bits per heavy atom. The standard InChI is InChI=1S/C15H14N2O3S/c18-9-3-6-13-4-1-7-15(10-13)21(19,20)17-12-14-5-2-8-16-11-14/h1-2,4-5,7-8,10-11,17-18H,9,12H2. The first-order chi connectivity index (χ1) is 10.1. The first-order valence-electron chi connectivity index (χ1n) is 6.20. The average Bonchev–Trinajstić information content (AvgIpc) is 2.52. The molecule has 0 aliphatic heterocycles. The van der Waals surface area contributed by atoms with Crippen LogP contribution >= 0.6 is 0 Å². The fourth-order valence-electron chi connectivity index (χ4n) is 1.65. The van der Waals surface area contributed by atoms with Crippen molar-refractivity contribution in [3.63, 3.8) is 0 Å². The molecule has 2 rings (SSSR count). The van der Waals surface area contributed by atoms with Gasteiger partial charge >= 0.3 is 0 Å². The van der Waals surface area contributed by atoms with Crippen molar-refractivity contribution in [1.82, 2.24) is 9.71 Å². The quantitative estimate of drug-likeness (QED) is 0.823. The molecular weight excluding hydrogens is 288 g/mol. The molecule has 6 heteroatoms. The van der Waals surface area contributed by atoms with Crippen LogP contribution in [0.25, 0.3) is 0 Å². The molecule has 0 unspecified atom stereocenters. The lowest BCUT2D eigenvalue weighted by atomic mass is 10.2. The molecule has 0 aliphatic carbocycles. The number of aliphatic hydroxyl groups is 1. The van der Waals surface area contributed by atoms with E-state index in [4.69, 9.17) is 5.11 Å². The van der Waals surface area contributed by atoms with Crippen LogP contribution in [-0.4, -0.2) is 25.1 Å². The van der Waals surface area contributed by atoms with E-state index in [0.29, 0.717) is 5.56 Å². The van der Waals surface area contributed by atoms with E-state index in [2.05, 4.69) is 21.5 Å². The molecule has 2 aromatic rings. The zero-order valence-corrected chi connectivity index (χ0v) is 12.0. The number of nitrogens with one attached hydrogen (secondary N) is 1. The van der Waals surface area contributed by atoms with E-state index in [1.165, 1.54) is 12.1 Å². The molecule has 0 aliphatic rings. The SMILES string of the molecule is O=S(=O)(NCc1cccnc1)c1cccc(C#CCO)c1.